The molecule has 2 heterocycles. The van der Waals surface area contributed by atoms with E-state index in [4.69, 9.17) is 5.73 Å². The molecule has 1 aromatic rings. The monoisotopic (exact) mass is 210 g/mol. The van der Waals surface area contributed by atoms with Gasteiger partial charge in [0.2, 0.25) is 5.91 Å². The third-order valence-corrected chi connectivity index (χ3v) is 2.47. The average Bonchev–Trinajstić information content (AvgIpc) is 2.75. The van der Waals surface area contributed by atoms with Gasteiger partial charge in [0.1, 0.15) is 6.54 Å². The molecule has 0 radical (unpaired) electrons. The molecule has 1 saturated heterocycles. The minimum Gasteiger partial charge on any atom is -0.396 e. The summed E-state index contributed by atoms with van der Waals surface area (Å²) < 4.78 is 1.50. The quantitative estimate of drug-likeness (QED) is 0.659. The molecule has 0 spiro atoms. The molecule has 82 valence electrons. The summed E-state index contributed by atoms with van der Waals surface area (Å²) in [6.45, 7) is 1.23. The van der Waals surface area contributed by atoms with Crippen molar-refractivity contribution >= 4 is 11.6 Å². The van der Waals surface area contributed by atoms with E-state index in [9.17, 15) is 9.90 Å². The third-order valence-electron chi connectivity index (χ3n) is 2.47. The number of aliphatic hydroxyl groups is 1. The molecule has 15 heavy (non-hydrogen) atoms. The maximum atomic E-state index is 11.7. The van der Waals surface area contributed by atoms with Crippen LogP contribution in [-0.2, 0) is 11.3 Å². The van der Waals surface area contributed by atoms with E-state index in [1.807, 2.05) is 0 Å². The fraction of sp³-hybridized carbons (Fsp3) is 0.556. The van der Waals surface area contributed by atoms with Crippen LogP contribution in [0.1, 0.15) is 6.42 Å². The highest BCUT2D eigenvalue weighted by molar-refractivity contribution is 5.76. The molecule has 1 amide bonds. The molecule has 6 heteroatoms. The fourth-order valence-electron chi connectivity index (χ4n) is 1.67. The van der Waals surface area contributed by atoms with Crippen molar-refractivity contribution in [1.82, 2.24) is 14.7 Å². The lowest BCUT2D eigenvalue weighted by Gasteiger charge is -2.15. The first-order valence-corrected chi connectivity index (χ1v) is 4.89. The first-order chi connectivity index (χ1) is 7.15. The van der Waals surface area contributed by atoms with Crippen molar-refractivity contribution in [1.29, 1.82) is 0 Å². The van der Waals surface area contributed by atoms with Crippen molar-refractivity contribution in [2.24, 2.45) is 0 Å². The van der Waals surface area contributed by atoms with E-state index in [0.29, 0.717) is 25.2 Å². The van der Waals surface area contributed by atoms with Gasteiger partial charge in [0, 0.05) is 19.3 Å². The van der Waals surface area contributed by atoms with Gasteiger partial charge in [-0.1, -0.05) is 0 Å². The van der Waals surface area contributed by atoms with E-state index in [1.165, 1.54) is 10.9 Å². The Morgan fingerprint density at radius 3 is 3.07 bits per heavy atom. The van der Waals surface area contributed by atoms with Gasteiger partial charge < -0.3 is 15.7 Å². The van der Waals surface area contributed by atoms with Crippen molar-refractivity contribution < 1.29 is 9.90 Å². The molecule has 1 fully saturated rings. The number of nitrogens with two attached hydrogens (primary N) is 1. The summed E-state index contributed by atoms with van der Waals surface area (Å²) >= 11 is 0. The molecule has 1 atom stereocenters. The molecular formula is C9H14N4O2. The van der Waals surface area contributed by atoms with Gasteiger partial charge in [-0.2, -0.15) is 5.10 Å². The molecule has 1 aliphatic heterocycles. The Hall–Kier alpha value is -1.56. The number of carbonyl (C=O) groups is 1. The summed E-state index contributed by atoms with van der Waals surface area (Å²) in [7, 11) is 0. The maximum absolute atomic E-state index is 11.7. The third kappa shape index (κ3) is 2.27. The lowest BCUT2D eigenvalue weighted by atomic mass is 10.3. The van der Waals surface area contributed by atoms with Crippen LogP contribution in [-0.4, -0.2) is 44.9 Å². The molecule has 0 saturated carbocycles. The summed E-state index contributed by atoms with van der Waals surface area (Å²) in [6, 6.07) is 0. The number of nitrogens with zero attached hydrogens (tertiary/aromatic N) is 3. The molecule has 0 aromatic carbocycles. The summed E-state index contributed by atoms with van der Waals surface area (Å²) in [5.74, 6) is -0.0327. The number of β-amino-alcohol motifs (C(OH)–C–C–N with tert-alkyl or cyclic N) is 1. The summed E-state index contributed by atoms with van der Waals surface area (Å²) in [6.07, 6.45) is 3.40. The topological polar surface area (TPSA) is 84.4 Å². The van der Waals surface area contributed by atoms with Gasteiger partial charge in [0.15, 0.2) is 0 Å². The Morgan fingerprint density at radius 2 is 2.53 bits per heavy atom. The zero-order valence-electron chi connectivity index (χ0n) is 8.33. The Morgan fingerprint density at radius 1 is 1.73 bits per heavy atom. The number of hydrogen-bond donors (Lipinski definition) is 2. The van der Waals surface area contributed by atoms with Crippen LogP contribution in [0.2, 0.25) is 0 Å². The molecule has 0 aliphatic carbocycles. The van der Waals surface area contributed by atoms with Crippen LogP contribution in [0.3, 0.4) is 0 Å². The van der Waals surface area contributed by atoms with Gasteiger partial charge in [0.05, 0.1) is 18.0 Å². The Kier molecular flexibility index (Phi) is 2.59. The predicted octanol–water partition coefficient (Wildman–Crippen LogP) is -0.941. The smallest absolute Gasteiger partial charge is 0.244 e. The number of amides is 1. The molecule has 0 unspecified atom stereocenters. The van der Waals surface area contributed by atoms with Crippen LogP contribution in [0, 0.1) is 0 Å². The van der Waals surface area contributed by atoms with Gasteiger partial charge >= 0.3 is 0 Å². The van der Waals surface area contributed by atoms with Crippen molar-refractivity contribution in [2.45, 2.75) is 19.1 Å². The van der Waals surface area contributed by atoms with Crippen LogP contribution < -0.4 is 5.73 Å². The standard InChI is InChI=1S/C9H14N4O2/c10-7-3-11-13(4-7)6-9(15)12-2-1-8(14)5-12/h3-4,8,14H,1-2,5-6,10H2/t8-/m0/s1. The molecule has 2 rings (SSSR count). The van der Waals surface area contributed by atoms with Crippen LogP contribution >= 0.6 is 0 Å². The summed E-state index contributed by atoms with van der Waals surface area (Å²) in [5.41, 5.74) is 6.03. The molecule has 3 N–H and O–H groups in total. The first kappa shape index (κ1) is 9.97. The lowest BCUT2D eigenvalue weighted by Crippen LogP contribution is -2.32. The van der Waals surface area contributed by atoms with Crippen molar-refractivity contribution in [3.8, 4) is 0 Å². The molecule has 1 aromatic heterocycles. The van der Waals surface area contributed by atoms with E-state index in [0.717, 1.165) is 0 Å². The van der Waals surface area contributed by atoms with E-state index >= 15 is 0 Å². The second kappa shape index (κ2) is 3.90. The highest BCUT2D eigenvalue weighted by Crippen LogP contribution is 2.09. The SMILES string of the molecule is Nc1cnn(CC(=O)N2CC[C@H](O)C2)c1. The Bertz CT molecular complexity index is 363. The number of likely N-dealkylation sites (tertiary alicyclic amines) is 1. The minimum atomic E-state index is -0.378. The number of aliphatic hydroxyl groups excluding tert-OH is 1. The Balaban J connectivity index is 1.92. The number of anilines is 1. The number of aromatic nitrogens is 2. The van der Waals surface area contributed by atoms with Gasteiger partial charge in [0.25, 0.3) is 0 Å². The molecule has 6 nitrogen and oxygen atoms in total. The van der Waals surface area contributed by atoms with Crippen LogP contribution in [0.25, 0.3) is 0 Å². The average molecular weight is 210 g/mol. The van der Waals surface area contributed by atoms with Crippen LogP contribution in [0.15, 0.2) is 12.4 Å². The predicted molar refractivity (Wildman–Crippen MR) is 53.8 cm³/mol. The second-order valence-corrected chi connectivity index (χ2v) is 3.75. The number of nitrogen functional groups attached to an aromatic ring is 1. The number of carbonyl (C=O) groups excluding carboxylic acids is 1. The number of hydrogen-bond acceptors (Lipinski definition) is 4. The highest BCUT2D eigenvalue weighted by Gasteiger charge is 2.24. The second-order valence-electron chi connectivity index (χ2n) is 3.75. The van der Waals surface area contributed by atoms with E-state index in [2.05, 4.69) is 5.10 Å². The number of rotatable bonds is 2. The zero-order chi connectivity index (χ0) is 10.8. The van der Waals surface area contributed by atoms with Crippen LogP contribution in [0.4, 0.5) is 5.69 Å². The fourth-order valence-corrected chi connectivity index (χ4v) is 1.67. The van der Waals surface area contributed by atoms with Crippen molar-refractivity contribution in [3.05, 3.63) is 12.4 Å². The van der Waals surface area contributed by atoms with E-state index in [1.54, 1.807) is 11.1 Å². The van der Waals surface area contributed by atoms with Gasteiger partial charge in [-0.15, -0.1) is 0 Å². The Labute approximate surface area is 87.3 Å². The van der Waals surface area contributed by atoms with Gasteiger partial charge in [-0.05, 0) is 6.42 Å². The van der Waals surface area contributed by atoms with Gasteiger partial charge in [-0.3, -0.25) is 9.48 Å². The minimum absolute atomic E-state index is 0.0327. The zero-order valence-corrected chi connectivity index (χ0v) is 8.33. The summed E-state index contributed by atoms with van der Waals surface area (Å²) in [4.78, 5) is 13.3. The lowest BCUT2D eigenvalue weighted by molar-refractivity contribution is -0.131. The van der Waals surface area contributed by atoms with Crippen molar-refractivity contribution in [2.75, 3.05) is 18.8 Å². The maximum Gasteiger partial charge on any atom is 0.244 e. The largest absolute Gasteiger partial charge is 0.396 e. The van der Waals surface area contributed by atoms with Crippen LogP contribution in [0.5, 0.6) is 0 Å². The van der Waals surface area contributed by atoms with Crippen molar-refractivity contribution in [3.63, 3.8) is 0 Å². The molecule has 1 aliphatic rings. The normalized spacial score (nSPS) is 20.9. The highest BCUT2D eigenvalue weighted by atomic mass is 16.3. The first-order valence-electron chi connectivity index (χ1n) is 4.89. The molecule has 0 bridgehead atoms. The van der Waals surface area contributed by atoms with E-state index < -0.39 is 0 Å². The van der Waals surface area contributed by atoms with E-state index in [-0.39, 0.29) is 18.6 Å². The van der Waals surface area contributed by atoms with Gasteiger partial charge in [-0.25, -0.2) is 0 Å². The summed E-state index contributed by atoms with van der Waals surface area (Å²) in [5, 5.41) is 13.2. The molecular weight excluding hydrogens is 196 g/mol.